The zero-order valence-electron chi connectivity index (χ0n) is 67.9. The molecule has 8 aromatic carbocycles. The molecule has 20 heteroatoms. The first-order valence-corrected chi connectivity index (χ1v) is 41.2. The number of hydrogen-bond donors (Lipinski definition) is 4. The van der Waals surface area contributed by atoms with E-state index in [9.17, 15) is 36.7 Å². The molecule has 0 saturated heterocycles. The molecule has 606 valence electrons. The summed E-state index contributed by atoms with van der Waals surface area (Å²) < 4.78 is 54.7. The van der Waals surface area contributed by atoms with Crippen LogP contribution in [0.2, 0.25) is 0 Å². The largest absolute Gasteiger partial charge is 0.309 e. The molecule has 0 aliphatic heterocycles. The predicted molar refractivity (Wildman–Crippen MR) is 471 cm³/mol. The number of nitrogens with one attached hydrogen (secondary N) is 4. The number of amides is 4. The lowest BCUT2D eigenvalue weighted by Crippen LogP contribution is -2.22. The molecule has 12 aromatic rings. The summed E-state index contributed by atoms with van der Waals surface area (Å²) in [6.45, 7) is 9.33. The number of nitrogens with zero attached hydrogens (tertiary/aromatic N) is 8. The van der Waals surface area contributed by atoms with Gasteiger partial charge in [0.25, 0.3) is 0 Å². The third-order valence-electron chi connectivity index (χ3n) is 21.6. The highest BCUT2D eigenvalue weighted by molar-refractivity contribution is 5.96. The van der Waals surface area contributed by atoms with Crippen molar-refractivity contribution in [2.24, 2.45) is 17.8 Å². The number of aromatic nitrogens is 8. The van der Waals surface area contributed by atoms with E-state index in [-0.39, 0.29) is 58.7 Å². The number of benzene rings is 8. The Bertz CT molecular complexity index is 5880. The van der Waals surface area contributed by atoms with Gasteiger partial charge in [-0.15, -0.1) is 0 Å². The quantitative estimate of drug-likeness (QED) is 0.0590. The molecule has 1 unspecified atom stereocenters. The lowest BCUT2D eigenvalue weighted by atomic mass is 9.87. The number of rotatable bonds is 18. The van der Waals surface area contributed by atoms with Gasteiger partial charge in [0.05, 0.1) is 45.6 Å². The van der Waals surface area contributed by atoms with Crippen LogP contribution < -0.4 is 21.3 Å². The highest BCUT2D eigenvalue weighted by Crippen LogP contribution is 2.39. The van der Waals surface area contributed by atoms with Crippen LogP contribution in [0.3, 0.4) is 0 Å². The molecule has 0 bridgehead atoms. The van der Waals surface area contributed by atoms with E-state index in [2.05, 4.69) is 26.3 Å². The van der Waals surface area contributed by atoms with Crippen LogP contribution in [0.1, 0.15) is 176 Å². The van der Waals surface area contributed by atoms with Gasteiger partial charge in [0.15, 0.2) is 23.3 Å². The van der Waals surface area contributed by atoms with Crippen molar-refractivity contribution in [2.45, 2.75) is 137 Å². The molecule has 17 rings (SSSR count). The second-order valence-electron chi connectivity index (χ2n) is 31.1. The van der Waals surface area contributed by atoms with E-state index in [1.165, 1.54) is 50.5 Å². The maximum Gasteiger partial charge on any atom is 0.228 e. The maximum atomic E-state index is 13.8. The van der Waals surface area contributed by atoms with Gasteiger partial charge in [0.1, 0.15) is 46.0 Å². The van der Waals surface area contributed by atoms with Gasteiger partial charge < -0.3 is 21.3 Å². The summed E-state index contributed by atoms with van der Waals surface area (Å²) in [5.74, 6) is 1.17. The van der Waals surface area contributed by atoms with Gasteiger partial charge in [-0.2, -0.15) is 0 Å². The minimum Gasteiger partial charge on any atom is -0.309 e. The van der Waals surface area contributed by atoms with Gasteiger partial charge in [-0.3, -0.25) is 19.2 Å². The molecule has 5 aliphatic carbocycles. The van der Waals surface area contributed by atoms with Crippen molar-refractivity contribution in [3.8, 4) is 45.0 Å². The average molecular weight is 1600 g/mol. The van der Waals surface area contributed by atoms with Gasteiger partial charge in [0, 0.05) is 47.9 Å². The van der Waals surface area contributed by atoms with Crippen LogP contribution in [0.25, 0.3) is 93.6 Å². The molecule has 1 saturated carbocycles. The lowest BCUT2D eigenvalue weighted by Gasteiger charge is -2.22. The predicted octanol–water partition coefficient (Wildman–Crippen LogP) is 22.0. The molecule has 4 amide bonds. The fraction of sp³-hybridized carbons (Fsp3) is 0.240. The Morgan fingerprint density at radius 1 is 0.367 bits per heavy atom. The van der Waals surface area contributed by atoms with Crippen molar-refractivity contribution in [2.75, 3.05) is 21.3 Å². The fourth-order valence-electron chi connectivity index (χ4n) is 15.3. The van der Waals surface area contributed by atoms with Crippen LogP contribution in [0, 0.1) is 41.0 Å². The minimum absolute atomic E-state index is 0.00351. The summed E-state index contributed by atoms with van der Waals surface area (Å²) in [5.41, 5.74) is 20.2. The summed E-state index contributed by atoms with van der Waals surface area (Å²) in [4.78, 5) is 87.8. The summed E-state index contributed by atoms with van der Waals surface area (Å²) in [7, 11) is 0. The Morgan fingerprint density at radius 3 is 0.967 bits per heavy atom. The van der Waals surface area contributed by atoms with Gasteiger partial charge in [0.2, 0.25) is 23.6 Å². The van der Waals surface area contributed by atoms with Crippen LogP contribution >= 0.6 is 0 Å². The van der Waals surface area contributed by atoms with Crippen molar-refractivity contribution >= 4 is 95.5 Å². The lowest BCUT2D eigenvalue weighted by molar-refractivity contribution is -0.119. The molecule has 4 aromatic heterocycles. The SMILES string of the molecule is CC(=O)Nc1nc2c(nc1/C=C/c1ccccc1)-c1ccc(F)cc1CC2.CC(C)CC(=O)Nc1nc2c(nc1/C=C/c1ccccc1)-c1ccc(F)cc1CC2.CCC(C)C(=O)Nc1nc2c(nc1/C=C/c1ccccc1)-c1ccc(F)cc1CC2.O=C(CC1CCCCC1)Nc1nc2c(nc1/C=C/c1ccccc1)-c1ccc(F)cc1CC2. The molecule has 4 heterocycles. The summed E-state index contributed by atoms with van der Waals surface area (Å²) >= 11 is 0. The molecule has 0 spiro atoms. The third kappa shape index (κ3) is 21.5. The zero-order valence-corrected chi connectivity index (χ0v) is 67.9. The first kappa shape index (κ1) is 83.1. The van der Waals surface area contributed by atoms with Crippen LogP contribution in [0.4, 0.5) is 40.8 Å². The Balaban J connectivity index is 0.000000131. The smallest absolute Gasteiger partial charge is 0.228 e. The Labute approximate surface area is 697 Å². The number of halogens is 4. The second-order valence-corrected chi connectivity index (χ2v) is 31.1. The van der Waals surface area contributed by atoms with Crippen LogP contribution in [0.15, 0.2) is 194 Å². The van der Waals surface area contributed by atoms with Gasteiger partial charge in [-0.25, -0.2) is 57.4 Å². The standard InChI is InChI=1S/C28H28FN3O.2C25H24FN3O.C22H18FN3O/c29-22-13-14-23-21(18-22)12-16-24-27(23)30-25(15-11-19-7-3-1-4-8-19)28(31-24)32-26(33)17-20-9-5-2-6-10-20;1-16(2)14-23(30)29-25-22(12-8-17-6-4-3-5-7-17)27-24-20-11-10-19(26)15-18(20)9-13-21(24)28-25;1-3-16(2)25(30)29-24-22(13-9-17-7-5-4-6-8-17)27-23-20-12-11-19(26)15-18(20)10-14-21(23)28-24;1-14(27)24-22-20(11-7-15-5-3-2-4-6-15)25-21-18-10-9-17(23)13-16(18)8-12-19(21)26-22/h1,3-4,7-8,11,13-15,18,20H,2,5-6,9-10,12,16-17H2,(H,31,32,33);3-8,10-12,15-16H,9,13-14H2,1-2H3,(H,28,29,30);4-9,11-13,15-16H,3,10,14H2,1-2H3,(H,28,29,30);2-7,9-11,13H,8,12H2,1H3,(H,24,26,27)/b15-11+;12-8+;13-9+;11-7+. The number of hydrogen-bond acceptors (Lipinski definition) is 12. The monoisotopic (exact) mass is 1600 g/mol. The molecule has 0 radical (unpaired) electrons. The van der Waals surface area contributed by atoms with Crippen molar-refractivity contribution < 1.29 is 36.7 Å². The molecular formula is C100H94F4N12O4. The zero-order chi connectivity index (χ0) is 83.6. The van der Waals surface area contributed by atoms with Crippen LogP contribution in [-0.4, -0.2) is 63.5 Å². The van der Waals surface area contributed by atoms with E-state index >= 15 is 0 Å². The molecular weight excluding hydrogens is 1510 g/mol. The van der Waals surface area contributed by atoms with E-state index in [1.54, 1.807) is 48.5 Å². The number of fused-ring (bicyclic) bond motifs is 12. The molecule has 1 fully saturated rings. The van der Waals surface area contributed by atoms with Gasteiger partial charge in [-0.05, 0) is 224 Å². The normalized spacial score (nSPS) is 13.7. The van der Waals surface area contributed by atoms with E-state index < -0.39 is 0 Å². The van der Waals surface area contributed by atoms with E-state index in [1.807, 2.05) is 198 Å². The van der Waals surface area contributed by atoms with Gasteiger partial charge in [-0.1, -0.05) is 193 Å². The highest BCUT2D eigenvalue weighted by atomic mass is 19.1. The van der Waals surface area contributed by atoms with Crippen molar-refractivity contribution in [1.29, 1.82) is 0 Å². The maximum absolute atomic E-state index is 13.8. The summed E-state index contributed by atoms with van der Waals surface area (Å²) in [5, 5.41) is 11.7. The number of aryl methyl sites for hydroxylation is 8. The van der Waals surface area contributed by atoms with Gasteiger partial charge >= 0.3 is 0 Å². The van der Waals surface area contributed by atoms with E-state index in [0.717, 1.165) is 132 Å². The molecule has 5 aliphatic rings. The molecule has 16 nitrogen and oxygen atoms in total. The van der Waals surface area contributed by atoms with Crippen molar-refractivity contribution in [3.63, 3.8) is 0 Å². The second kappa shape index (κ2) is 39.3. The average Bonchev–Trinajstić information content (AvgIpc) is 0.787. The Morgan fingerprint density at radius 2 is 0.667 bits per heavy atom. The third-order valence-corrected chi connectivity index (χ3v) is 21.6. The number of carbonyl (C=O) groups is 4. The Hall–Kier alpha value is -13.4. The highest BCUT2D eigenvalue weighted by Gasteiger charge is 2.29. The molecule has 1 atom stereocenters. The summed E-state index contributed by atoms with van der Waals surface area (Å²) in [6.07, 6.45) is 28.4. The first-order chi connectivity index (χ1) is 58.3. The van der Waals surface area contributed by atoms with Crippen molar-refractivity contribution in [3.05, 3.63) is 307 Å². The summed E-state index contributed by atoms with van der Waals surface area (Å²) in [6, 6.07) is 58.7. The van der Waals surface area contributed by atoms with Crippen molar-refractivity contribution in [1.82, 2.24) is 39.9 Å². The minimum atomic E-state index is -0.246. The molecule has 120 heavy (non-hydrogen) atoms. The number of anilines is 4. The van der Waals surface area contributed by atoms with E-state index in [4.69, 9.17) is 34.9 Å². The molecule has 4 N–H and O–H groups in total. The topological polar surface area (TPSA) is 220 Å². The van der Waals surface area contributed by atoms with Crippen LogP contribution in [0.5, 0.6) is 0 Å². The van der Waals surface area contributed by atoms with E-state index in [0.29, 0.717) is 116 Å². The van der Waals surface area contributed by atoms with Crippen LogP contribution in [-0.2, 0) is 70.5 Å². The fourth-order valence-corrected chi connectivity index (χ4v) is 15.3. The Kier molecular flexibility index (Phi) is 27.2. The first-order valence-electron chi connectivity index (χ1n) is 41.2. The number of carbonyl (C=O) groups excluding carboxylic acids is 4.